The molecule has 6 unspecified atom stereocenters. The SMILES string of the molecule is CC1OC(O[C@H]2/C=C/C=C/C=C/C=C/C=C/C=C/C=C/[C@H](C)[C@@H](O)[C@@H](C)[C@H](C)OC(=O)C[C@H](O)C[C@H](O)CC(=O)CC[C@@H](O)[C@H](O)C[C@]3(O)C[C@H](O)[C@@H](C)C(C2)O3)C(O)C(N)C1O. The van der Waals surface area contributed by atoms with E-state index in [1.165, 1.54) is 0 Å². The minimum absolute atomic E-state index is 0.0312. The molecule has 2 saturated heterocycles. The van der Waals surface area contributed by atoms with E-state index in [-0.39, 0.29) is 44.4 Å². The molecule has 3 aliphatic heterocycles. The average molecular weight is 892 g/mol. The van der Waals surface area contributed by atoms with Gasteiger partial charge in [-0.25, -0.2) is 0 Å². The first-order valence-corrected chi connectivity index (χ1v) is 22.0. The van der Waals surface area contributed by atoms with Crippen LogP contribution in [0.1, 0.15) is 86.0 Å². The summed E-state index contributed by atoms with van der Waals surface area (Å²) >= 11 is 0. The first kappa shape index (κ1) is 54.1. The van der Waals surface area contributed by atoms with Gasteiger partial charge in [0.05, 0.1) is 73.5 Å². The van der Waals surface area contributed by atoms with E-state index in [0.717, 1.165) is 0 Å². The van der Waals surface area contributed by atoms with E-state index in [0.29, 0.717) is 0 Å². The second-order valence-corrected chi connectivity index (χ2v) is 17.4. The number of aliphatic hydroxyl groups is 9. The lowest BCUT2D eigenvalue weighted by Crippen LogP contribution is -2.61. The lowest BCUT2D eigenvalue weighted by atomic mass is 9.83. The van der Waals surface area contributed by atoms with Crippen molar-refractivity contribution in [1.29, 1.82) is 0 Å². The lowest BCUT2D eigenvalue weighted by Gasteiger charge is -2.46. The average Bonchev–Trinajstić information content (AvgIpc) is 3.21. The predicted octanol–water partition coefficient (Wildman–Crippen LogP) is 1.86. The maximum atomic E-state index is 12.7. The normalized spacial score (nSPS) is 45.5. The third-order valence-corrected chi connectivity index (χ3v) is 12.0. The molecule has 3 aliphatic rings. The van der Waals surface area contributed by atoms with Crippen LogP contribution in [0.2, 0.25) is 0 Å². The van der Waals surface area contributed by atoms with E-state index < -0.39 is 128 Å². The Balaban J connectivity index is 1.81. The van der Waals surface area contributed by atoms with Crippen molar-refractivity contribution in [2.24, 2.45) is 23.5 Å². The van der Waals surface area contributed by atoms with Gasteiger partial charge in [0.25, 0.3) is 0 Å². The van der Waals surface area contributed by atoms with E-state index in [2.05, 4.69) is 0 Å². The highest BCUT2D eigenvalue weighted by Gasteiger charge is 2.47. The molecular formula is C47H73NO15. The Bertz CT molecular complexity index is 1610. The number of hydrogen-bond acceptors (Lipinski definition) is 16. The first-order chi connectivity index (χ1) is 29.7. The van der Waals surface area contributed by atoms with E-state index >= 15 is 0 Å². The lowest BCUT2D eigenvalue weighted by molar-refractivity contribution is -0.310. The zero-order chi connectivity index (χ0) is 46.9. The van der Waals surface area contributed by atoms with Gasteiger partial charge in [-0.05, 0) is 20.3 Å². The predicted molar refractivity (Wildman–Crippen MR) is 234 cm³/mol. The van der Waals surface area contributed by atoms with E-state index in [1.54, 1.807) is 58.1 Å². The molecular weight excluding hydrogens is 819 g/mol. The number of cyclic esters (lactones) is 1. The summed E-state index contributed by atoms with van der Waals surface area (Å²) in [6.07, 6.45) is 8.19. The van der Waals surface area contributed by atoms with Gasteiger partial charge in [0.2, 0.25) is 0 Å². The van der Waals surface area contributed by atoms with Crippen LogP contribution < -0.4 is 5.73 Å². The topological polar surface area (TPSA) is 279 Å². The fourth-order valence-corrected chi connectivity index (χ4v) is 7.66. The van der Waals surface area contributed by atoms with Crippen molar-refractivity contribution >= 4 is 11.8 Å². The molecule has 18 atom stereocenters. The highest BCUT2D eigenvalue weighted by molar-refractivity contribution is 5.78. The Kier molecular flexibility index (Phi) is 22.9. The second-order valence-electron chi connectivity index (χ2n) is 17.4. The summed E-state index contributed by atoms with van der Waals surface area (Å²) < 4.78 is 23.5. The van der Waals surface area contributed by atoms with Gasteiger partial charge in [0.15, 0.2) is 12.1 Å². The third-order valence-electron chi connectivity index (χ3n) is 12.0. The molecule has 11 N–H and O–H groups in total. The number of esters is 1. The molecule has 0 radical (unpaired) electrons. The smallest absolute Gasteiger partial charge is 0.308 e. The van der Waals surface area contributed by atoms with Crippen LogP contribution in [0.15, 0.2) is 85.1 Å². The van der Waals surface area contributed by atoms with Crippen LogP contribution in [-0.4, -0.2) is 149 Å². The summed E-state index contributed by atoms with van der Waals surface area (Å²) in [5.74, 6) is -4.56. The minimum atomic E-state index is -2.10. The van der Waals surface area contributed by atoms with Crippen molar-refractivity contribution < 1.29 is 74.5 Å². The Morgan fingerprint density at radius 2 is 1.17 bits per heavy atom. The summed E-state index contributed by atoms with van der Waals surface area (Å²) in [5.41, 5.74) is 6.05. The maximum Gasteiger partial charge on any atom is 0.308 e. The standard InChI is InChI=1S/C47H73NO15/c1-28-18-16-14-12-10-8-6-7-9-11-13-15-17-19-36(62-46-45(58)42(48)44(57)32(5)61-46)25-40-30(3)38(53)26-47(59,63-40)27-39(54)37(52)21-20-33(49)22-34(50)23-35(51)24-41(55)60-31(4)29(2)43(28)56/h6-19,28-32,34-40,42-46,50-54,56-59H,20-27,48H2,1-5H3/b7-6+,10-8+,11-9+,14-12+,15-13+,18-16+,19-17+/t28-,29-,30+,31-,32?,34+,35+,36-,37+,38-,39+,40?,42?,43+,44?,45?,46?,47-/m0/s1. The molecule has 0 aromatic heterocycles. The zero-order valence-electron chi connectivity index (χ0n) is 37.1. The number of aliphatic hydroxyl groups excluding tert-OH is 8. The van der Waals surface area contributed by atoms with Crippen LogP contribution in [0.4, 0.5) is 0 Å². The number of Topliss-reactive ketones (excluding diaryl/α,β-unsaturated/α-hetero) is 1. The Morgan fingerprint density at radius 1 is 0.635 bits per heavy atom. The van der Waals surface area contributed by atoms with Crippen LogP contribution in [0.25, 0.3) is 0 Å². The molecule has 2 bridgehead atoms. The minimum Gasteiger partial charge on any atom is -0.462 e. The van der Waals surface area contributed by atoms with Crippen molar-refractivity contribution in [3.8, 4) is 0 Å². The molecule has 356 valence electrons. The number of carbonyl (C=O) groups is 2. The molecule has 0 aliphatic carbocycles. The van der Waals surface area contributed by atoms with Crippen LogP contribution >= 0.6 is 0 Å². The van der Waals surface area contributed by atoms with E-state index in [1.807, 2.05) is 61.6 Å². The van der Waals surface area contributed by atoms with Crippen LogP contribution in [-0.2, 0) is 28.5 Å². The number of allylic oxidation sites excluding steroid dienone is 12. The number of fused-ring (bicyclic) bond motifs is 2. The quantitative estimate of drug-likeness (QED) is 0.177. The highest BCUT2D eigenvalue weighted by Crippen LogP contribution is 2.37. The van der Waals surface area contributed by atoms with Gasteiger partial charge in [-0.2, -0.15) is 0 Å². The fraction of sp³-hybridized carbons (Fsp3) is 0.660. The van der Waals surface area contributed by atoms with Gasteiger partial charge < -0.3 is 70.6 Å². The molecule has 0 amide bonds. The third kappa shape index (κ3) is 18.3. The largest absolute Gasteiger partial charge is 0.462 e. The number of carbonyl (C=O) groups excluding carboxylic acids is 2. The molecule has 16 heteroatoms. The second kappa shape index (κ2) is 26.7. The fourth-order valence-electron chi connectivity index (χ4n) is 7.66. The Hall–Kier alpha value is -3.20. The number of ketones is 1. The first-order valence-electron chi connectivity index (χ1n) is 22.0. The van der Waals surface area contributed by atoms with Gasteiger partial charge in [-0.1, -0.05) is 106 Å². The molecule has 2 fully saturated rings. The molecule has 0 spiro atoms. The monoisotopic (exact) mass is 891 g/mol. The van der Waals surface area contributed by atoms with Gasteiger partial charge >= 0.3 is 5.97 Å². The molecule has 63 heavy (non-hydrogen) atoms. The van der Waals surface area contributed by atoms with Gasteiger partial charge in [-0.3, -0.25) is 9.59 Å². The van der Waals surface area contributed by atoms with Gasteiger partial charge in [-0.15, -0.1) is 0 Å². The highest BCUT2D eigenvalue weighted by atomic mass is 16.7. The Morgan fingerprint density at radius 3 is 1.78 bits per heavy atom. The van der Waals surface area contributed by atoms with Crippen LogP contribution in [0, 0.1) is 17.8 Å². The van der Waals surface area contributed by atoms with E-state index in [4.69, 9.17) is 24.7 Å². The van der Waals surface area contributed by atoms with Crippen LogP contribution in [0.3, 0.4) is 0 Å². The van der Waals surface area contributed by atoms with Crippen molar-refractivity contribution in [2.45, 2.75) is 177 Å². The van der Waals surface area contributed by atoms with E-state index in [9.17, 15) is 55.5 Å². The number of rotatable bonds is 2. The molecule has 3 rings (SSSR count). The molecule has 0 aromatic rings. The molecule has 16 nitrogen and oxygen atoms in total. The van der Waals surface area contributed by atoms with Crippen molar-refractivity contribution in [2.75, 3.05) is 0 Å². The van der Waals surface area contributed by atoms with Gasteiger partial charge in [0, 0.05) is 56.3 Å². The number of ether oxygens (including phenoxy) is 4. The maximum absolute atomic E-state index is 12.7. The van der Waals surface area contributed by atoms with Crippen molar-refractivity contribution in [3.05, 3.63) is 85.1 Å². The van der Waals surface area contributed by atoms with Gasteiger partial charge in [0.1, 0.15) is 18.0 Å². The number of nitrogens with two attached hydrogens (primary N) is 1. The zero-order valence-corrected chi connectivity index (χ0v) is 37.1. The summed E-state index contributed by atoms with van der Waals surface area (Å²) in [6, 6.07) is -1.06. The molecule has 0 aromatic carbocycles. The van der Waals surface area contributed by atoms with Crippen molar-refractivity contribution in [3.63, 3.8) is 0 Å². The summed E-state index contributed by atoms with van der Waals surface area (Å²) in [6.45, 7) is 8.55. The molecule has 0 saturated carbocycles. The Labute approximate surface area is 371 Å². The summed E-state index contributed by atoms with van der Waals surface area (Å²) in [5, 5.41) is 97.3. The summed E-state index contributed by atoms with van der Waals surface area (Å²) in [4.78, 5) is 25.3. The van der Waals surface area contributed by atoms with Crippen LogP contribution in [0.5, 0.6) is 0 Å². The molecule has 3 heterocycles. The number of hydrogen-bond donors (Lipinski definition) is 10. The van der Waals surface area contributed by atoms with Crippen molar-refractivity contribution in [1.82, 2.24) is 0 Å². The summed E-state index contributed by atoms with van der Waals surface area (Å²) in [7, 11) is 0.